The van der Waals surface area contributed by atoms with Crippen molar-refractivity contribution in [1.82, 2.24) is 19.2 Å². The number of carbonyl (C=O) groups excluding carboxylic acids is 1. The van der Waals surface area contributed by atoms with Gasteiger partial charge in [0.15, 0.2) is 0 Å². The molecule has 34 heavy (non-hydrogen) atoms. The van der Waals surface area contributed by atoms with Crippen molar-refractivity contribution >= 4 is 48.3 Å². The normalized spacial score (nSPS) is 15.3. The molecular weight excluding hydrogens is 468 g/mol. The molecule has 1 aliphatic heterocycles. The van der Waals surface area contributed by atoms with Crippen LogP contribution in [0.5, 0.6) is 0 Å². The Hall–Kier alpha value is -2.88. The lowest BCUT2D eigenvalue weighted by Crippen LogP contribution is -2.50. The lowest BCUT2D eigenvalue weighted by Gasteiger charge is -2.34. The average Bonchev–Trinajstić information content (AvgIpc) is 3.19. The van der Waals surface area contributed by atoms with E-state index in [2.05, 4.69) is 9.97 Å². The van der Waals surface area contributed by atoms with Crippen molar-refractivity contribution in [3.63, 3.8) is 0 Å². The Labute approximate surface area is 203 Å². The minimum atomic E-state index is -3.63. The van der Waals surface area contributed by atoms with Gasteiger partial charge in [-0.3, -0.25) is 4.79 Å². The van der Waals surface area contributed by atoms with Gasteiger partial charge >= 0.3 is 0 Å². The zero-order valence-corrected chi connectivity index (χ0v) is 21.0. The molecule has 0 atom stereocenters. The van der Waals surface area contributed by atoms with Gasteiger partial charge in [-0.25, -0.2) is 18.4 Å². The van der Waals surface area contributed by atoms with Gasteiger partial charge in [-0.1, -0.05) is 37.3 Å². The van der Waals surface area contributed by atoms with E-state index in [4.69, 9.17) is 0 Å². The quantitative estimate of drug-likeness (QED) is 0.425. The highest BCUT2D eigenvalue weighted by molar-refractivity contribution is 7.89. The van der Waals surface area contributed by atoms with E-state index in [9.17, 15) is 13.2 Å². The standard InChI is InChI=1S/C25H26N4O3S2/c1-4-21-26-17(3)22-16(2)23(33-24(22)27-21)25(30)28-11-13-29(14-12-28)34(31,32)20-10-9-18-7-5-6-8-19(18)15-20/h5-10,15H,4,11-14H2,1-3H3. The second kappa shape index (κ2) is 8.72. The van der Waals surface area contributed by atoms with Gasteiger partial charge < -0.3 is 4.90 Å². The van der Waals surface area contributed by atoms with E-state index >= 15 is 0 Å². The zero-order valence-electron chi connectivity index (χ0n) is 19.4. The maximum absolute atomic E-state index is 13.3. The van der Waals surface area contributed by atoms with E-state index in [0.717, 1.165) is 44.5 Å². The first-order valence-electron chi connectivity index (χ1n) is 11.3. The van der Waals surface area contributed by atoms with Crippen LogP contribution in [0.4, 0.5) is 0 Å². The minimum absolute atomic E-state index is 0.0688. The van der Waals surface area contributed by atoms with Gasteiger partial charge in [-0.15, -0.1) is 11.3 Å². The van der Waals surface area contributed by atoms with Crippen molar-refractivity contribution in [2.45, 2.75) is 32.1 Å². The number of aromatic nitrogens is 2. The summed E-state index contributed by atoms with van der Waals surface area (Å²) in [7, 11) is -3.63. The number of hydrogen-bond donors (Lipinski definition) is 0. The molecule has 176 valence electrons. The number of benzene rings is 2. The predicted octanol–water partition coefficient (Wildman–Crippen LogP) is 4.17. The third-order valence-electron chi connectivity index (χ3n) is 6.41. The van der Waals surface area contributed by atoms with E-state index in [1.807, 2.05) is 51.1 Å². The Kier molecular flexibility index (Phi) is 5.87. The molecule has 0 spiro atoms. The van der Waals surface area contributed by atoms with Crippen LogP contribution in [-0.4, -0.2) is 59.7 Å². The van der Waals surface area contributed by atoms with Crippen LogP contribution in [0.25, 0.3) is 21.0 Å². The van der Waals surface area contributed by atoms with Crippen LogP contribution in [0, 0.1) is 13.8 Å². The number of carbonyl (C=O) groups is 1. The minimum Gasteiger partial charge on any atom is -0.335 e. The van der Waals surface area contributed by atoms with Gasteiger partial charge in [-0.2, -0.15) is 4.31 Å². The number of piperazine rings is 1. The number of thiophene rings is 1. The maximum Gasteiger partial charge on any atom is 0.264 e. The summed E-state index contributed by atoms with van der Waals surface area (Å²) >= 11 is 1.40. The van der Waals surface area contributed by atoms with Crippen LogP contribution in [-0.2, 0) is 16.4 Å². The maximum atomic E-state index is 13.3. The number of rotatable bonds is 4. The van der Waals surface area contributed by atoms with Gasteiger partial charge in [0.05, 0.1) is 9.77 Å². The van der Waals surface area contributed by atoms with Gasteiger partial charge in [0.25, 0.3) is 5.91 Å². The van der Waals surface area contributed by atoms with Crippen LogP contribution >= 0.6 is 11.3 Å². The third kappa shape index (κ3) is 3.87. The molecule has 7 nitrogen and oxygen atoms in total. The first-order chi connectivity index (χ1) is 16.3. The van der Waals surface area contributed by atoms with Gasteiger partial charge in [0.1, 0.15) is 10.7 Å². The molecule has 5 rings (SSSR count). The highest BCUT2D eigenvalue weighted by atomic mass is 32.2. The molecule has 1 saturated heterocycles. The third-order valence-corrected chi connectivity index (χ3v) is 9.48. The Morgan fingerprint density at radius 1 is 1.00 bits per heavy atom. The first-order valence-corrected chi connectivity index (χ1v) is 13.6. The smallest absolute Gasteiger partial charge is 0.264 e. The summed E-state index contributed by atoms with van der Waals surface area (Å²) in [5.74, 6) is 0.707. The number of amides is 1. The molecule has 0 aliphatic carbocycles. The summed E-state index contributed by atoms with van der Waals surface area (Å²) in [4.78, 5) is 26.0. The molecular formula is C25H26N4O3S2. The molecule has 0 N–H and O–H groups in total. The van der Waals surface area contributed by atoms with Crippen molar-refractivity contribution in [2.24, 2.45) is 0 Å². The molecule has 0 radical (unpaired) electrons. The summed E-state index contributed by atoms with van der Waals surface area (Å²) < 4.78 is 28.0. The summed E-state index contributed by atoms with van der Waals surface area (Å²) in [6.45, 7) is 7.14. The van der Waals surface area contributed by atoms with Crippen LogP contribution in [0.3, 0.4) is 0 Å². The predicted molar refractivity (Wildman–Crippen MR) is 135 cm³/mol. The molecule has 2 aromatic carbocycles. The summed E-state index contributed by atoms with van der Waals surface area (Å²) in [5.41, 5.74) is 1.79. The van der Waals surface area contributed by atoms with Crippen molar-refractivity contribution in [3.8, 4) is 0 Å². The summed E-state index contributed by atoms with van der Waals surface area (Å²) in [5, 5.41) is 2.84. The van der Waals surface area contributed by atoms with Gasteiger partial charge in [0.2, 0.25) is 10.0 Å². The zero-order chi connectivity index (χ0) is 24.0. The average molecular weight is 495 g/mol. The number of fused-ring (bicyclic) bond motifs is 2. The lowest BCUT2D eigenvalue weighted by atomic mass is 10.1. The highest BCUT2D eigenvalue weighted by Crippen LogP contribution is 2.32. The highest BCUT2D eigenvalue weighted by Gasteiger charge is 2.32. The fourth-order valence-corrected chi connectivity index (χ4v) is 7.19. The Balaban J connectivity index is 1.35. The SMILES string of the molecule is CCc1nc(C)c2c(C)c(C(=O)N3CCN(S(=O)(=O)c4ccc5ccccc5c4)CC3)sc2n1. The Bertz CT molecular complexity index is 1520. The molecule has 0 bridgehead atoms. The second-order valence-electron chi connectivity index (χ2n) is 8.52. The molecule has 1 fully saturated rings. The van der Waals surface area contributed by atoms with E-state index in [-0.39, 0.29) is 23.9 Å². The van der Waals surface area contributed by atoms with Gasteiger partial charge in [-0.05, 0) is 42.3 Å². The molecule has 3 heterocycles. The van der Waals surface area contributed by atoms with Gasteiger partial charge in [0, 0.05) is 43.7 Å². The van der Waals surface area contributed by atoms with Crippen LogP contribution < -0.4 is 0 Å². The molecule has 0 unspecified atom stereocenters. The molecule has 9 heteroatoms. The number of aryl methyl sites for hydroxylation is 3. The van der Waals surface area contributed by atoms with Crippen molar-refractivity contribution in [2.75, 3.05) is 26.2 Å². The summed E-state index contributed by atoms with van der Waals surface area (Å²) in [6.07, 6.45) is 0.741. The molecule has 1 amide bonds. The number of hydrogen-bond acceptors (Lipinski definition) is 6. The molecule has 2 aromatic heterocycles. The molecule has 0 saturated carbocycles. The van der Waals surface area contributed by atoms with Crippen molar-refractivity contribution < 1.29 is 13.2 Å². The first kappa shape index (κ1) is 22.9. The topological polar surface area (TPSA) is 83.5 Å². The van der Waals surface area contributed by atoms with Crippen molar-refractivity contribution in [3.05, 3.63) is 64.4 Å². The van der Waals surface area contributed by atoms with E-state index in [0.29, 0.717) is 18.0 Å². The van der Waals surface area contributed by atoms with Crippen LogP contribution in [0.15, 0.2) is 47.4 Å². The lowest BCUT2D eigenvalue weighted by molar-refractivity contribution is 0.0702. The molecule has 4 aromatic rings. The fraction of sp³-hybridized carbons (Fsp3) is 0.320. The fourth-order valence-electron chi connectivity index (χ4n) is 4.51. The Morgan fingerprint density at radius 2 is 1.71 bits per heavy atom. The van der Waals surface area contributed by atoms with E-state index < -0.39 is 10.0 Å². The molecule has 1 aliphatic rings. The van der Waals surface area contributed by atoms with Crippen LogP contribution in [0.2, 0.25) is 0 Å². The van der Waals surface area contributed by atoms with Crippen LogP contribution in [0.1, 0.15) is 33.7 Å². The Morgan fingerprint density at radius 3 is 2.41 bits per heavy atom. The summed E-state index contributed by atoms with van der Waals surface area (Å²) in [6, 6.07) is 12.9. The van der Waals surface area contributed by atoms with E-state index in [1.54, 1.807) is 17.0 Å². The largest absolute Gasteiger partial charge is 0.335 e. The number of sulfonamides is 1. The van der Waals surface area contributed by atoms with Crippen molar-refractivity contribution in [1.29, 1.82) is 0 Å². The van der Waals surface area contributed by atoms with E-state index in [1.165, 1.54) is 15.6 Å². The number of nitrogens with zero attached hydrogens (tertiary/aromatic N) is 4. The monoisotopic (exact) mass is 494 g/mol. The second-order valence-corrected chi connectivity index (χ2v) is 11.5.